The van der Waals surface area contributed by atoms with E-state index in [2.05, 4.69) is 36.9 Å². The molecule has 130 valence electrons. The van der Waals surface area contributed by atoms with E-state index in [9.17, 15) is 0 Å². The number of hydrogen-bond acceptors (Lipinski definition) is 6. The number of hydrogen-bond donors (Lipinski definition) is 0. The molecule has 2 aliphatic carbocycles. The van der Waals surface area contributed by atoms with Crippen molar-refractivity contribution >= 4 is 11.6 Å². The van der Waals surface area contributed by atoms with Gasteiger partial charge in [0.05, 0.1) is 0 Å². The maximum atomic E-state index is 4.81. The summed E-state index contributed by atoms with van der Waals surface area (Å²) in [5.41, 5.74) is 0. The quantitative estimate of drug-likeness (QED) is 0.837. The third kappa shape index (κ3) is 3.17. The van der Waals surface area contributed by atoms with Crippen LogP contribution in [0.15, 0.2) is 30.9 Å². The van der Waals surface area contributed by atoms with E-state index in [1.807, 2.05) is 12.4 Å². The lowest BCUT2D eigenvalue weighted by Gasteiger charge is -2.39. The molecule has 0 N–H and O–H groups in total. The summed E-state index contributed by atoms with van der Waals surface area (Å²) < 4.78 is 0. The molecule has 0 bridgehead atoms. The Morgan fingerprint density at radius 2 is 1.68 bits per heavy atom. The van der Waals surface area contributed by atoms with Crippen molar-refractivity contribution in [1.82, 2.24) is 19.9 Å². The van der Waals surface area contributed by atoms with E-state index in [-0.39, 0.29) is 0 Å². The molecule has 1 saturated heterocycles. The molecular weight excluding hydrogens is 312 g/mol. The Labute approximate surface area is 148 Å². The van der Waals surface area contributed by atoms with Gasteiger partial charge in [0.15, 0.2) is 0 Å². The maximum Gasteiger partial charge on any atom is 0.133 e. The monoisotopic (exact) mass is 336 g/mol. The van der Waals surface area contributed by atoms with Gasteiger partial charge in [0.2, 0.25) is 0 Å². The highest BCUT2D eigenvalue weighted by Crippen LogP contribution is 2.39. The van der Waals surface area contributed by atoms with E-state index < -0.39 is 0 Å². The second-order valence-electron chi connectivity index (χ2n) is 7.47. The molecule has 5 rings (SSSR count). The molecule has 3 heterocycles. The molecule has 2 saturated carbocycles. The van der Waals surface area contributed by atoms with Crippen LogP contribution in [0.25, 0.3) is 0 Å². The number of nitrogens with zero attached hydrogens (tertiary/aromatic N) is 6. The first-order chi connectivity index (χ1) is 12.4. The molecule has 3 aliphatic rings. The molecule has 25 heavy (non-hydrogen) atoms. The van der Waals surface area contributed by atoms with Crippen LogP contribution >= 0.6 is 0 Å². The van der Waals surface area contributed by atoms with Crippen molar-refractivity contribution in [2.45, 2.75) is 56.5 Å². The van der Waals surface area contributed by atoms with Crippen LogP contribution in [-0.4, -0.2) is 45.1 Å². The van der Waals surface area contributed by atoms with Gasteiger partial charge in [-0.2, -0.15) is 0 Å². The molecule has 0 radical (unpaired) electrons. The van der Waals surface area contributed by atoms with Crippen molar-refractivity contribution in [1.29, 1.82) is 0 Å². The highest BCUT2D eigenvalue weighted by atomic mass is 15.3. The smallest absolute Gasteiger partial charge is 0.133 e. The minimum absolute atomic E-state index is 0.573. The maximum absolute atomic E-state index is 4.81. The van der Waals surface area contributed by atoms with Gasteiger partial charge in [0.1, 0.15) is 23.8 Å². The van der Waals surface area contributed by atoms with Gasteiger partial charge in [0, 0.05) is 43.5 Å². The molecule has 6 heteroatoms. The molecule has 0 amide bonds. The Hall–Kier alpha value is -2.24. The summed E-state index contributed by atoms with van der Waals surface area (Å²) in [7, 11) is 0. The highest BCUT2D eigenvalue weighted by Gasteiger charge is 2.36. The number of rotatable bonds is 5. The summed E-state index contributed by atoms with van der Waals surface area (Å²) in [4.78, 5) is 22.8. The van der Waals surface area contributed by atoms with Crippen molar-refractivity contribution < 1.29 is 0 Å². The number of aromatic nitrogens is 4. The first-order valence-corrected chi connectivity index (χ1v) is 9.51. The molecular formula is C19H24N6. The molecule has 3 fully saturated rings. The fourth-order valence-corrected chi connectivity index (χ4v) is 3.91. The van der Waals surface area contributed by atoms with Gasteiger partial charge >= 0.3 is 0 Å². The van der Waals surface area contributed by atoms with Crippen molar-refractivity contribution in [3.63, 3.8) is 0 Å². The molecule has 6 nitrogen and oxygen atoms in total. The van der Waals surface area contributed by atoms with Crippen LogP contribution in [0.4, 0.5) is 11.6 Å². The van der Waals surface area contributed by atoms with Crippen LogP contribution in [0.5, 0.6) is 0 Å². The van der Waals surface area contributed by atoms with Crippen molar-refractivity contribution in [3.8, 4) is 0 Å². The Bertz CT molecular complexity index is 720. The zero-order valence-electron chi connectivity index (χ0n) is 14.5. The van der Waals surface area contributed by atoms with E-state index in [0.717, 1.165) is 43.4 Å². The standard InChI is InChI=1S/C19H24N6/c1-2-14(1)19-21-10-6-18(23-19)24-11-7-16(8-12-24)25(15-3-4-15)17-5-9-20-13-22-17/h5-6,9-10,13-16H,1-4,7-8,11-12H2. The first kappa shape index (κ1) is 15.0. The molecule has 1 aliphatic heterocycles. The molecule has 2 aromatic rings. The Balaban J connectivity index is 1.28. The minimum Gasteiger partial charge on any atom is -0.356 e. The zero-order valence-corrected chi connectivity index (χ0v) is 14.5. The zero-order chi connectivity index (χ0) is 16.6. The van der Waals surface area contributed by atoms with Gasteiger partial charge in [-0.1, -0.05) is 0 Å². The first-order valence-electron chi connectivity index (χ1n) is 9.51. The highest BCUT2D eigenvalue weighted by molar-refractivity contribution is 5.44. The van der Waals surface area contributed by atoms with Crippen LogP contribution in [0.1, 0.15) is 50.3 Å². The third-order valence-corrected chi connectivity index (χ3v) is 5.56. The number of anilines is 2. The van der Waals surface area contributed by atoms with E-state index >= 15 is 0 Å². The summed E-state index contributed by atoms with van der Waals surface area (Å²) in [6.45, 7) is 2.11. The SMILES string of the molecule is c1cc(N(C2CC2)C2CCN(c3ccnc(C4CC4)n3)CC2)ncn1. The molecule has 2 aromatic heterocycles. The Kier molecular flexibility index (Phi) is 3.76. The van der Waals surface area contributed by atoms with E-state index in [1.165, 1.54) is 25.7 Å². The lowest BCUT2D eigenvalue weighted by molar-refractivity contribution is 0.457. The van der Waals surface area contributed by atoms with Gasteiger partial charge in [-0.3, -0.25) is 0 Å². The summed E-state index contributed by atoms with van der Waals surface area (Å²) in [6.07, 6.45) is 12.8. The third-order valence-electron chi connectivity index (χ3n) is 5.56. The predicted molar refractivity (Wildman–Crippen MR) is 96.8 cm³/mol. The van der Waals surface area contributed by atoms with E-state index in [1.54, 1.807) is 6.33 Å². The van der Waals surface area contributed by atoms with Gasteiger partial charge in [0.25, 0.3) is 0 Å². The van der Waals surface area contributed by atoms with E-state index in [4.69, 9.17) is 4.98 Å². The summed E-state index contributed by atoms with van der Waals surface area (Å²) in [5.74, 6) is 3.85. The van der Waals surface area contributed by atoms with Crippen LogP contribution in [0.2, 0.25) is 0 Å². The fraction of sp³-hybridized carbons (Fsp3) is 0.579. The van der Waals surface area contributed by atoms with Crippen LogP contribution in [-0.2, 0) is 0 Å². The van der Waals surface area contributed by atoms with Crippen molar-refractivity contribution in [2.75, 3.05) is 22.9 Å². The van der Waals surface area contributed by atoms with Gasteiger partial charge in [-0.15, -0.1) is 0 Å². The fourth-order valence-electron chi connectivity index (χ4n) is 3.91. The average Bonchev–Trinajstić information content (AvgIpc) is 3.57. The second kappa shape index (κ2) is 6.24. The van der Waals surface area contributed by atoms with Gasteiger partial charge in [-0.05, 0) is 50.7 Å². The van der Waals surface area contributed by atoms with Crippen molar-refractivity contribution in [2.24, 2.45) is 0 Å². The van der Waals surface area contributed by atoms with Crippen molar-refractivity contribution in [3.05, 3.63) is 36.7 Å². The minimum atomic E-state index is 0.573. The summed E-state index contributed by atoms with van der Waals surface area (Å²) in [5, 5.41) is 0. The second-order valence-corrected chi connectivity index (χ2v) is 7.47. The largest absolute Gasteiger partial charge is 0.356 e. The predicted octanol–water partition coefficient (Wildman–Crippen LogP) is 2.78. The van der Waals surface area contributed by atoms with Gasteiger partial charge < -0.3 is 9.80 Å². The topological polar surface area (TPSA) is 58.0 Å². The van der Waals surface area contributed by atoms with E-state index in [0.29, 0.717) is 18.0 Å². The normalized spacial score (nSPS) is 21.4. The Morgan fingerprint density at radius 3 is 2.36 bits per heavy atom. The Morgan fingerprint density at radius 1 is 0.880 bits per heavy atom. The summed E-state index contributed by atoms with van der Waals surface area (Å²) in [6, 6.07) is 5.36. The van der Waals surface area contributed by atoms with Gasteiger partial charge in [-0.25, -0.2) is 19.9 Å². The van der Waals surface area contributed by atoms with Crippen LogP contribution in [0.3, 0.4) is 0 Å². The molecule has 0 unspecified atom stereocenters. The number of piperidine rings is 1. The lowest BCUT2D eigenvalue weighted by atomic mass is 10.0. The average molecular weight is 336 g/mol. The van der Waals surface area contributed by atoms with Crippen LogP contribution in [0, 0.1) is 0 Å². The molecule has 0 atom stereocenters. The molecule has 0 aromatic carbocycles. The van der Waals surface area contributed by atoms with Crippen LogP contribution < -0.4 is 9.80 Å². The molecule has 0 spiro atoms. The summed E-state index contributed by atoms with van der Waals surface area (Å²) >= 11 is 0. The lowest BCUT2D eigenvalue weighted by Crippen LogP contribution is -2.46.